The van der Waals surface area contributed by atoms with Crippen molar-refractivity contribution in [2.45, 2.75) is 0 Å². The van der Waals surface area contributed by atoms with Gasteiger partial charge in [0.2, 0.25) is 0 Å². The van der Waals surface area contributed by atoms with Crippen LogP contribution in [-0.4, -0.2) is 29.9 Å². The third kappa shape index (κ3) is 3.58. The second-order valence-corrected chi connectivity index (χ2v) is 9.65. The van der Waals surface area contributed by atoms with Gasteiger partial charge >= 0.3 is 0 Å². The Balaban J connectivity index is 1.37. The first-order valence-electron chi connectivity index (χ1n) is 13.0. The van der Waals surface area contributed by atoms with Gasteiger partial charge in [0.1, 0.15) is 12.7 Å². The lowest BCUT2D eigenvalue weighted by Crippen LogP contribution is -1.97. The first-order chi connectivity index (χ1) is 19.8. The average Bonchev–Trinajstić information content (AvgIpc) is 3.37. The largest absolute Gasteiger partial charge is 0.217 e. The lowest BCUT2D eigenvalue weighted by molar-refractivity contribution is 1.06. The van der Waals surface area contributed by atoms with Gasteiger partial charge in [-0.3, -0.25) is 0 Å². The summed E-state index contributed by atoms with van der Waals surface area (Å²) in [5.74, 6) is 2.53. The smallest absolute Gasteiger partial charge is 0.163 e. The molecule has 0 unspecified atom stereocenters. The first kappa shape index (κ1) is 22.4. The molecule has 186 valence electrons. The highest BCUT2D eigenvalue weighted by molar-refractivity contribution is 6.19. The van der Waals surface area contributed by atoms with E-state index >= 15 is 0 Å². The Kier molecular flexibility index (Phi) is 5.03. The van der Waals surface area contributed by atoms with Crippen molar-refractivity contribution in [3.05, 3.63) is 122 Å². The minimum absolute atomic E-state index is 0.619. The molecular weight excluding hydrogens is 492 g/mol. The minimum Gasteiger partial charge on any atom is -0.217 e. The maximum absolute atomic E-state index is 4.88. The van der Waals surface area contributed by atoms with E-state index in [0.29, 0.717) is 23.3 Å². The van der Waals surface area contributed by atoms with Crippen molar-refractivity contribution in [2.24, 2.45) is 0 Å². The average molecular weight is 513 g/mol. The van der Waals surface area contributed by atoms with Crippen molar-refractivity contribution in [2.75, 3.05) is 0 Å². The second-order valence-electron chi connectivity index (χ2n) is 9.65. The lowest BCUT2D eigenvalue weighted by Gasteiger charge is -2.12. The van der Waals surface area contributed by atoms with Crippen LogP contribution >= 0.6 is 0 Å². The van der Waals surface area contributed by atoms with Crippen LogP contribution < -0.4 is 0 Å². The van der Waals surface area contributed by atoms with Gasteiger partial charge in [-0.1, -0.05) is 91.0 Å². The summed E-state index contributed by atoms with van der Waals surface area (Å²) in [6.45, 7) is 0. The fraction of sp³-hybridized carbons (Fsp3) is 0. The minimum atomic E-state index is 0.619. The van der Waals surface area contributed by atoms with Gasteiger partial charge in [0.05, 0.1) is 0 Å². The van der Waals surface area contributed by atoms with Crippen molar-refractivity contribution in [1.29, 1.82) is 0 Å². The highest BCUT2D eigenvalue weighted by Gasteiger charge is 2.25. The van der Waals surface area contributed by atoms with Gasteiger partial charge in [-0.2, -0.15) is 0 Å². The van der Waals surface area contributed by atoms with Gasteiger partial charge in [0.25, 0.3) is 0 Å². The summed E-state index contributed by atoms with van der Waals surface area (Å²) in [4.78, 5) is 27.8. The zero-order valence-electron chi connectivity index (χ0n) is 21.2. The van der Waals surface area contributed by atoms with Gasteiger partial charge in [-0.15, -0.1) is 0 Å². The van der Waals surface area contributed by atoms with Crippen LogP contribution in [-0.2, 0) is 0 Å². The number of rotatable bonds is 4. The summed E-state index contributed by atoms with van der Waals surface area (Å²) in [7, 11) is 0. The lowest BCUT2D eigenvalue weighted by atomic mass is 9.95. The normalized spacial score (nSPS) is 11.5. The Bertz CT molecular complexity index is 2060. The molecule has 6 heteroatoms. The fourth-order valence-electron chi connectivity index (χ4n) is 5.51. The van der Waals surface area contributed by atoms with Crippen molar-refractivity contribution >= 4 is 10.8 Å². The van der Waals surface area contributed by atoms with Crippen LogP contribution in [0, 0.1) is 0 Å². The second kappa shape index (κ2) is 8.99. The van der Waals surface area contributed by atoms with Crippen LogP contribution in [0.25, 0.3) is 78.6 Å². The van der Waals surface area contributed by atoms with E-state index in [1.54, 1.807) is 12.7 Å². The van der Waals surface area contributed by atoms with E-state index in [-0.39, 0.29) is 0 Å². The monoisotopic (exact) mass is 512 g/mol. The number of nitrogens with zero attached hydrogens (tertiary/aromatic N) is 6. The molecule has 1 aliphatic carbocycles. The number of benzene rings is 5. The van der Waals surface area contributed by atoms with Crippen LogP contribution in [0.4, 0.5) is 0 Å². The molecule has 1 aliphatic rings. The van der Waals surface area contributed by atoms with Crippen molar-refractivity contribution in [1.82, 2.24) is 29.9 Å². The molecule has 0 N–H and O–H groups in total. The standard InChI is InChI=1S/C34H20N6/c1-3-9-21(10-4-1)31-35-19-37-33(39-31)23-17-28-25-14-8-7-13-24(25)26-15-16-27(29(18-23)30(26)28)34-38-20-36-32(40-34)22-11-5-2-6-12-22/h1-20H. The summed E-state index contributed by atoms with van der Waals surface area (Å²) in [6, 6.07) is 37.1. The van der Waals surface area contributed by atoms with E-state index in [9.17, 15) is 0 Å². The Morgan fingerprint density at radius 3 is 1.50 bits per heavy atom. The van der Waals surface area contributed by atoms with Crippen LogP contribution in [0.1, 0.15) is 0 Å². The van der Waals surface area contributed by atoms with E-state index in [1.165, 1.54) is 22.1 Å². The molecule has 0 radical (unpaired) electrons. The molecule has 0 amide bonds. The number of hydrogen-bond acceptors (Lipinski definition) is 6. The van der Waals surface area contributed by atoms with Crippen molar-refractivity contribution < 1.29 is 0 Å². The molecule has 2 aromatic heterocycles. The van der Waals surface area contributed by atoms with Crippen LogP contribution in [0.2, 0.25) is 0 Å². The van der Waals surface area contributed by atoms with Gasteiger partial charge in [0.15, 0.2) is 23.3 Å². The number of aromatic nitrogens is 6. The van der Waals surface area contributed by atoms with Crippen LogP contribution in [0.5, 0.6) is 0 Å². The Morgan fingerprint density at radius 1 is 0.350 bits per heavy atom. The van der Waals surface area contributed by atoms with E-state index in [1.807, 2.05) is 60.7 Å². The fourth-order valence-corrected chi connectivity index (χ4v) is 5.51. The molecule has 0 atom stereocenters. The molecule has 40 heavy (non-hydrogen) atoms. The van der Waals surface area contributed by atoms with Gasteiger partial charge in [-0.25, -0.2) is 29.9 Å². The molecule has 7 aromatic rings. The summed E-state index contributed by atoms with van der Waals surface area (Å²) < 4.78 is 0. The summed E-state index contributed by atoms with van der Waals surface area (Å²) in [5, 5.41) is 2.23. The topological polar surface area (TPSA) is 77.3 Å². The van der Waals surface area contributed by atoms with Crippen molar-refractivity contribution in [3.8, 4) is 67.8 Å². The molecule has 0 fully saturated rings. The van der Waals surface area contributed by atoms with Gasteiger partial charge in [-0.05, 0) is 51.2 Å². The first-order valence-corrected chi connectivity index (χ1v) is 13.0. The molecule has 5 aromatic carbocycles. The molecule has 0 saturated carbocycles. The Morgan fingerprint density at radius 2 is 0.850 bits per heavy atom. The van der Waals surface area contributed by atoms with E-state index < -0.39 is 0 Å². The molecule has 6 nitrogen and oxygen atoms in total. The van der Waals surface area contributed by atoms with Crippen LogP contribution in [0.3, 0.4) is 0 Å². The van der Waals surface area contributed by atoms with E-state index in [2.05, 4.69) is 68.5 Å². The highest BCUT2D eigenvalue weighted by atomic mass is 15.0. The van der Waals surface area contributed by atoms with Crippen LogP contribution in [0.15, 0.2) is 122 Å². The Labute approximate surface area is 230 Å². The van der Waals surface area contributed by atoms with Gasteiger partial charge in [0, 0.05) is 22.3 Å². The zero-order chi connectivity index (χ0) is 26.5. The number of fused-ring (bicyclic) bond motifs is 3. The molecule has 2 heterocycles. The number of hydrogen-bond donors (Lipinski definition) is 0. The maximum atomic E-state index is 4.88. The van der Waals surface area contributed by atoms with E-state index in [4.69, 9.17) is 9.97 Å². The predicted molar refractivity (Wildman–Crippen MR) is 157 cm³/mol. The molecular formula is C34H20N6. The maximum Gasteiger partial charge on any atom is 0.163 e. The Hall–Kier alpha value is -5.62. The SMILES string of the molecule is c1ccc(-c2ncnc(-c3cc4c5c(ccc(-c6ncnc(-c7ccccc7)n6)c5c3)-c3ccccc3-4)n2)cc1. The summed E-state index contributed by atoms with van der Waals surface area (Å²) >= 11 is 0. The quantitative estimate of drug-likeness (QED) is 0.243. The van der Waals surface area contributed by atoms with E-state index in [0.717, 1.165) is 33.2 Å². The molecule has 0 spiro atoms. The third-order valence-electron chi connectivity index (χ3n) is 7.33. The summed E-state index contributed by atoms with van der Waals surface area (Å²) in [5.41, 5.74) is 8.51. The molecule has 0 aliphatic heterocycles. The third-order valence-corrected chi connectivity index (χ3v) is 7.33. The van der Waals surface area contributed by atoms with Crippen molar-refractivity contribution in [3.63, 3.8) is 0 Å². The predicted octanol–water partition coefficient (Wildman–Crippen LogP) is 7.53. The molecule has 0 saturated heterocycles. The molecule has 0 bridgehead atoms. The highest BCUT2D eigenvalue weighted by Crippen LogP contribution is 2.50. The zero-order valence-corrected chi connectivity index (χ0v) is 21.2. The van der Waals surface area contributed by atoms with Gasteiger partial charge < -0.3 is 0 Å². The molecule has 8 rings (SSSR count). The summed E-state index contributed by atoms with van der Waals surface area (Å²) in [6.07, 6.45) is 3.17.